The molecule has 124 valence electrons. The Labute approximate surface area is 130 Å². The molecular weight excluding hydrogens is 329 g/mol. The standard InChI is InChI=1S/C14H20FNO4S2/c15-14-5-3-13(4-6-14)11-22(19,20)16-8-1-2-12-7-9-21(17,18)10-12/h3-6,12,16H,1-2,7-11H2. The molecule has 1 aromatic carbocycles. The van der Waals surface area contributed by atoms with E-state index in [4.69, 9.17) is 0 Å². The number of hydrogen-bond acceptors (Lipinski definition) is 4. The fraction of sp³-hybridized carbons (Fsp3) is 0.571. The molecule has 0 aliphatic carbocycles. The second-order valence-corrected chi connectivity index (χ2v) is 9.73. The van der Waals surface area contributed by atoms with Crippen LogP contribution in [-0.2, 0) is 25.6 Å². The van der Waals surface area contributed by atoms with Crippen LogP contribution in [0.15, 0.2) is 24.3 Å². The highest BCUT2D eigenvalue weighted by Gasteiger charge is 2.27. The van der Waals surface area contributed by atoms with Gasteiger partial charge in [-0.05, 0) is 42.9 Å². The van der Waals surface area contributed by atoms with Crippen molar-refractivity contribution in [3.63, 3.8) is 0 Å². The summed E-state index contributed by atoms with van der Waals surface area (Å²) < 4.78 is 61.7. The predicted molar refractivity (Wildman–Crippen MR) is 83.0 cm³/mol. The van der Waals surface area contributed by atoms with Crippen molar-refractivity contribution in [2.24, 2.45) is 5.92 Å². The van der Waals surface area contributed by atoms with Crippen LogP contribution in [0.2, 0.25) is 0 Å². The molecule has 1 aromatic rings. The minimum Gasteiger partial charge on any atom is -0.229 e. The van der Waals surface area contributed by atoms with Crippen molar-refractivity contribution < 1.29 is 21.2 Å². The van der Waals surface area contributed by atoms with Gasteiger partial charge in [0.2, 0.25) is 10.0 Å². The lowest BCUT2D eigenvalue weighted by atomic mass is 10.0. The van der Waals surface area contributed by atoms with Gasteiger partial charge in [-0.2, -0.15) is 0 Å². The number of rotatable bonds is 7. The molecule has 22 heavy (non-hydrogen) atoms. The quantitative estimate of drug-likeness (QED) is 0.756. The van der Waals surface area contributed by atoms with Crippen molar-refractivity contribution >= 4 is 19.9 Å². The SMILES string of the molecule is O=S1(=O)CCC(CCCNS(=O)(=O)Cc2ccc(F)cc2)C1. The molecule has 0 amide bonds. The molecule has 1 aliphatic rings. The molecule has 5 nitrogen and oxygen atoms in total. The highest BCUT2D eigenvalue weighted by Crippen LogP contribution is 2.22. The van der Waals surface area contributed by atoms with E-state index in [0.29, 0.717) is 31.4 Å². The van der Waals surface area contributed by atoms with Gasteiger partial charge in [-0.15, -0.1) is 0 Å². The molecule has 0 spiro atoms. The number of hydrogen-bond donors (Lipinski definition) is 1. The van der Waals surface area contributed by atoms with Gasteiger partial charge >= 0.3 is 0 Å². The van der Waals surface area contributed by atoms with E-state index < -0.39 is 25.7 Å². The van der Waals surface area contributed by atoms with Gasteiger partial charge in [-0.3, -0.25) is 0 Å². The summed E-state index contributed by atoms with van der Waals surface area (Å²) in [6.07, 6.45) is 1.99. The number of sulfonamides is 1. The molecule has 0 saturated carbocycles. The van der Waals surface area contributed by atoms with Gasteiger partial charge in [-0.1, -0.05) is 12.1 Å². The maximum atomic E-state index is 12.8. The van der Waals surface area contributed by atoms with Crippen molar-refractivity contribution in [3.8, 4) is 0 Å². The first-order valence-electron chi connectivity index (χ1n) is 7.18. The number of sulfone groups is 1. The van der Waals surface area contributed by atoms with Gasteiger partial charge in [0.15, 0.2) is 9.84 Å². The van der Waals surface area contributed by atoms with E-state index in [2.05, 4.69) is 4.72 Å². The summed E-state index contributed by atoms with van der Waals surface area (Å²) in [6.45, 7) is 0.292. The molecule has 0 radical (unpaired) electrons. The van der Waals surface area contributed by atoms with Crippen LogP contribution in [0.5, 0.6) is 0 Å². The maximum absolute atomic E-state index is 12.8. The summed E-state index contributed by atoms with van der Waals surface area (Å²) in [4.78, 5) is 0. The van der Waals surface area contributed by atoms with E-state index in [1.54, 1.807) is 0 Å². The van der Waals surface area contributed by atoms with Crippen LogP contribution >= 0.6 is 0 Å². The van der Waals surface area contributed by atoms with Crippen LogP contribution in [0.3, 0.4) is 0 Å². The van der Waals surface area contributed by atoms with E-state index in [9.17, 15) is 21.2 Å². The molecule has 1 aliphatic heterocycles. The third kappa shape index (κ3) is 5.66. The topological polar surface area (TPSA) is 80.3 Å². The second-order valence-electron chi connectivity index (χ2n) is 5.69. The Bertz CT molecular complexity index is 699. The number of halogens is 1. The summed E-state index contributed by atoms with van der Waals surface area (Å²) in [5, 5.41) is 0. The highest BCUT2D eigenvalue weighted by molar-refractivity contribution is 7.91. The van der Waals surface area contributed by atoms with Crippen LogP contribution in [0, 0.1) is 11.7 Å². The Morgan fingerprint density at radius 1 is 1.23 bits per heavy atom. The molecular formula is C14H20FNO4S2. The fourth-order valence-electron chi connectivity index (χ4n) is 2.57. The van der Waals surface area contributed by atoms with Crippen molar-refractivity contribution in [2.75, 3.05) is 18.1 Å². The maximum Gasteiger partial charge on any atom is 0.215 e. The first-order chi connectivity index (χ1) is 10.3. The fourth-order valence-corrected chi connectivity index (χ4v) is 5.67. The lowest BCUT2D eigenvalue weighted by Crippen LogP contribution is -2.26. The van der Waals surface area contributed by atoms with Gasteiger partial charge in [0.05, 0.1) is 17.3 Å². The van der Waals surface area contributed by atoms with Crippen molar-refractivity contribution in [1.82, 2.24) is 4.72 Å². The smallest absolute Gasteiger partial charge is 0.215 e. The average molecular weight is 349 g/mol. The molecule has 2 rings (SSSR count). The Hall–Kier alpha value is -0.990. The summed E-state index contributed by atoms with van der Waals surface area (Å²) >= 11 is 0. The molecule has 1 saturated heterocycles. The van der Waals surface area contributed by atoms with E-state index in [1.807, 2.05) is 0 Å². The van der Waals surface area contributed by atoms with E-state index in [0.717, 1.165) is 0 Å². The Kier molecular flexibility index (Phi) is 5.57. The first kappa shape index (κ1) is 17.4. The molecule has 1 unspecified atom stereocenters. The molecule has 0 bridgehead atoms. The van der Waals surface area contributed by atoms with Crippen molar-refractivity contribution in [2.45, 2.75) is 25.0 Å². The van der Waals surface area contributed by atoms with Crippen molar-refractivity contribution in [3.05, 3.63) is 35.6 Å². The average Bonchev–Trinajstić information content (AvgIpc) is 2.77. The second kappa shape index (κ2) is 7.06. The van der Waals surface area contributed by atoms with Gasteiger partial charge < -0.3 is 0 Å². The molecule has 8 heteroatoms. The van der Waals surface area contributed by atoms with Crippen LogP contribution in [0.1, 0.15) is 24.8 Å². The zero-order valence-corrected chi connectivity index (χ0v) is 13.8. The van der Waals surface area contributed by atoms with E-state index in [-0.39, 0.29) is 23.2 Å². The van der Waals surface area contributed by atoms with E-state index in [1.165, 1.54) is 24.3 Å². The summed E-state index contributed by atoms with van der Waals surface area (Å²) in [5.74, 6) is 0.0150. The monoisotopic (exact) mass is 349 g/mol. The van der Waals surface area contributed by atoms with Crippen LogP contribution in [-0.4, -0.2) is 34.9 Å². The minimum absolute atomic E-state index is 0.145. The third-order valence-electron chi connectivity index (χ3n) is 3.71. The highest BCUT2D eigenvalue weighted by atomic mass is 32.2. The van der Waals surface area contributed by atoms with Crippen LogP contribution < -0.4 is 4.72 Å². The largest absolute Gasteiger partial charge is 0.229 e. The minimum atomic E-state index is -3.46. The molecule has 1 heterocycles. The summed E-state index contributed by atoms with van der Waals surface area (Å²) in [6, 6.07) is 5.34. The van der Waals surface area contributed by atoms with Gasteiger partial charge in [0.1, 0.15) is 5.82 Å². The predicted octanol–water partition coefficient (Wildman–Crippen LogP) is 1.46. The van der Waals surface area contributed by atoms with Crippen molar-refractivity contribution in [1.29, 1.82) is 0 Å². The third-order valence-corrected chi connectivity index (χ3v) is 6.90. The molecule has 0 aromatic heterocycles. The van der Waals surface area contributed by atoms with Crippen LogP contribution in [0.25, 0.3) is 0 Å². The Morgan fingerprint density at radius 3 is 2.50 bits per heavy atom. The zero-order chi connectivity index (χ0) is 16.2. The number of nitrogens with one attached hydrogen (secondary N) is 1. The molecule has 1 N–H and O–H groups in total. The Morgan fingerprint density at radius 2 is 1.91 bits per heavy atom. The van der Waals surface area contributed by atoms with Gasteiger partial charge in [0, 0.05) is 6.54 Å². The summed E-state index contributed by atoms with van der Waals surface area (Å²) in [7, 11) is -6.33. The Balaban J connectivity index is 1.72. The van der Waals surface area contributed by atoms with Gasteiger partial charge in [-0.25, -0.2) is 25.9 Å². The van der Waals surface area contributed by atoms with Gasteiger partial charge in [0.25, 0.3) is 0 Å². The van der Waals surface area contributed by atoms with E-state index >= 15 is 0 Å². The lowest BCUT2D eigenvalue weighted by molar-refractivity contribution is 0.512. The molecule has 1 fully saturated rings. The van der Waals surface area contributed by atoms with Crippen LogP contribution in [0.4, 0.5) is 4.39 Å². The zero-order valence-electron chi connectivity index (χ0n) is 12.2. The number of benzene rings is 1. The summed E-state index contributed by atoms with van der Waals surface area (Å²) in [5.41, 5.74) is 0.524. The molecule has 1 atom stereocenters. The normalized spacial score (nSPS) is 21.0. The first-order valence-corrected chi connectivity index (χ1v) is 10.7. The lowest BCUT2D eigenvalue weighted by Gasteiger charge is -2.09.